The van der Waals surface area contributed by atoms with Crippen molar-refractivity contribution in [1.29, 1.82) is 0 Å². The van der Waals surface area contributed by atoms with Crippen molar-refractivity contribution in [3.05, 3.63) is 59.4 Å². The van der Waals surface area contributed by atoms with Gasteiger partial charge in [0.2, 0.25) is 0 Å². The molecule has 7 heteroatoms. The fourth-order valence-corrected chi connectivity index (χ4v) is 3.29. The van der Waals surface area contributed by atoms with E-state index in [0.29, 0.717) is 43.0 Å². The average Bonchev–Trinajstić information content (AvgIpc) is 2.73. The lowest BCUT2D eigenvalue weighted by atomic mass is 10.0. The molecule has 28 heavy (non-hydrogen) atoms. The number of hydrogen-bond acceptors (Lipinski definition) is 4. The van der Waals surface area contributed by atoms with E-state index in [1.807, 2.05) is 0 Å². The first kappa shape index (κ1) is 19.7. The Morgan fingerprint density at radius 1 is 1.04 bits per heavy atom. The van der Waals surface area contributed by atoms with Crippen molar-refractivity contribution in [2.75, 3.05) is 27.3 Å². The fourth-order valence-electron chi connectivity index (χ4n) is 3.29. The second-order valence-electron chi connectivity index (χ2n) is 6.59. The van der Waals surface area contributed by atoms with E-state index in [1.165, 1.54) is 19.2 Å². The van der Waals surface area contributed by atoms with E-state index in [2.05, 4.69) is 5.32 Å². The van der Waals surface area contributed by atoms with Gasteiger partial charge in [-0.15, -0.1) is 0 Å². The monoisotopic (exact) mass is 386 g/mol. The Morgan fingerprint density at radius 2 is 1.71 bits per heavy atom. The summed E-state index contributed by atoms with van der Waals surface area (Å²) in [5, 5.41) is 2.86. The van der Waals surface area contributed by atoms with Gasteiger partial charge in [0, 0.05) is 24.7 Å². The highest BCUT2D eigenvalue weighted by atomic mass is 19.1. The Bertz CT molecular complexity index is 863. The Kier molecular flexibility index (Phi) is 6.13. The minimum absolute atomic E-state index is 0.0336. The van der Waals surface area contributed by atoms with Crippen LogP contribution < -0.4 is 14.8 Å². The van der Waals surface area contributed by atoms with Gasteiger partial charge in [0.15, 0.2) is 11.5 Å². The van der Waals surface area contributed by atoms with Gasteiger partial charge in [-0.3, -0.25) is 9.59 Å². The van der Waals surface area contributed by atoms with Crippen LogP contribution in [0.1, 0.15) is 33.6 Å². The van der Waals surface area contributed by atoms with Crippen LogP contribution >= 0.6 is 0 Å². The molecule has 3 rings (SSSR count). The number of ether oxygens (including phenoxy) is 2. The van der Waals surface area contributed by atoms with Crippen LogP contribution in [0.3, 0.4) is 0 Å². The van der Waals surface area contributed by atoms with E-state index in [-0.39, 0.29) is 17.5 Å². The summed E-state index contributed by atoms with van der Waals surface area (Å²) < 4.78 is 24.2. The van der Waals surface area contributed by atoms with Gasteiger partial charge >= 0.3 is 0 Å². The lowest BCUT2D eigenvalue weighted by Crippen LogP contribution is -2.46. The van der Waals surface area contributed by atoms with Crippen LogP contribution in [0.25, 0.3) is 0 Å². The van der Waals surface area contributed by atoms with E-state index in [0.717, 1.165) is 0 Å². The highest BCUT2D eigenvalue weighted by molar-refractivity contribution is 5.95. The second kappa shape index (κ2) is 8.73. The number of halogens is 1. The molecule has 1 saturated heterocycles. The quantitative estimate of drug-likeness (QED) is 0.858. The number of carbonyl (C=O) groups is 2. The zero-order chi connectivity index (χ0) is 20.1. The Hall–Kier alpha value is -3.09. The maximum Gasteiger partial charge on any atom is 0.254 e. The van der Waals surface area contributed by atoms with Crippen LogP contribution in [0.15, 0.2) is 42.5 Å². The van der Waals surface area contributed by atoms with Crippen molar-refractivity contribution >= 4 is 11.8 Å². The number of amides is 2. The molecule has 0 bridgehead atoms. The number of nitrogens with zero attached hydrogens (tertiary/aromatic N) is 1. The molecule has 1 N–H and O–H groups in total. The lowest BCUT2D eigenvalue weighted by Gasteiger charge is -2.32. The molecule has 1 heterocycles. The number of hydrogen-bond donors (Lipinski definition) is 1. The van der Waals surface area contributed by atoms with Crippen LogP contribution in [0.5, 0.6) is 11.5 Å². The molecule has 0 radical (unpaired) electrons. The molecular formula is C21H23FN2O4. The first-order chi connectivity index (χ1) is 13.5. The molecule has 6 nitrogen and oxygen atoms in total. The zero-order valence-corrected chi connectivity index (χ0v) is 15.9. The number of rotatable bonds is 5. The molecule has 148 valence electrons. The number of benzene rings is 2. The molecule has 1 aliphatic rings. The van der Waals surface area contributed by atoms with Crippen molar-refractivity contribution in [3.63, 3.8) is 0 Å². The summed E-state index contributed by atoms with van der Waals surface area (Å²) in [7, 11) is 3.07. The number of piperidine rings is 1. The molecule has 2 aromatic carbocycles. The fraction of sp³-hybridized carbons (Fsp3) is 0.333. The smallest absolute Gasteiger partial charge is 0.254 e. The molecule has 0 unspecified atom stereocenters. The predicted molar refractivity (Wildman–Crippen MR) is 102 cm³/mol. The number of nitrogens with one attached hydrogen (secondary N) is 1. The van der Waals surface area contributed by atoms with E-state index in [4.69, 9.17) is 9.47 Å². The molecule has 1 aliphatic heterocycles. The van der Waals surface area contributed by atoms with E-state index in [9.17, 15) is 14.0 Å². The van der Waals surface area contributed by atoms with Crippen molar-refractivity contribution in [2.45, 2.75) is 18.9 Å². The predicted octanol–water partition coefficient (Wildman–Crippen LogP) is 2.88. The summed E-state index contributed by atoms with van der Waals surface area (Å²) in [4.78, 5) is 26.7. The minimum Gasteiger partial charge on any atom is -0.493 e. The summed E-state index contributed by atoms with van der Waals surface area (Å²) in [6.45, 7) is 1.02. The maximum absolute atomic E-state index is 13.7. The topological polar surface area (TPSA) is 67.9 Å². The molecule has 0 spiro atoms. The normalized spacial score (nSPS) is 14.5. The highest BCUT2D eigenvalue weighted by Crippen LogP contribution is 2.28. The first-order valence-electron chi connectivity index (χ1n) is 9.10. The largest absolute Gasteiger partial charge is 0.493 e. The number of likely N-dealkylation sites (tertiary alicyclic amines) is 1. The minimum atomic E-state index is -0.541. The van der Waals surface area contributed by atoms with Gasteiger partial charge in [-0.2, -0.15) is 0 Å². The van der Waals surface area contributed by atoms with Gasteiger partial charge in [-0.05, 0) is 43.2 Å². The van der Waals surface area contributed by atoms with Gasteiger partial charge in [0.25, 0.3) is 11.8 Å². The third kappa shape index (κ3) is 4.24. The van der Waals surface area contributed by atoms with Gasteiger partial charge in [0.1, 0.15) is 5.82 Å². The molecule has 0 atom stereocenters. The number of methoxy groups -OCH3 is 2. The molecule has 0 aliphatic carbocycles. The third-order valence-corrected chi connectivity index (χ3v) is 4.87. The van der Waals surface area contributed by atoms with Gasteiger partial charge < -0.3 is 19.7 Å². The molecule has 2 aromatic rings. The SMILES string of the molecule is COc1ccc(C(=O)N2CCC(NC(=O)c3ccccc3F)CC2)cc1OC. The average molecular weight is 386 g/mol. The summed E-state index contributed by atoms with van der Waals surface area (Å²) in [5.41, 5.74) is 0.554. The highest BCUT2D eigenvalue weighted by Gasteiger charge is 2.26. The Morgan fingerprint density at radius 3 is 2.36 bits per heavy atom. The third-order valence-electron chi connectivity index (χ3n) is 4.87. The summed E-state index contributed by atoms with van der Waals surface area (Å²) >= 11 is 0. The standard InChI is InChI=1S/C21H23FN2O4/c1-27-18-8-7-14(13-19(18)28-2)21(26)24-11-9-15(10-12-24)23-20(25)16-5-3-4-6-17(16)22/h3-8,13,15H,9-12H2,1-2H3,(H,23,25). The van der Waals surface area contributed by atoms with Gasteiger partial charge in [-0.25, -0.2) is 4.39 Å². The maximum atomic E-state index is 13.7. The van der Waals surface area contributed by atoms with Gasteiger partial charge in [-0.1, -0.05) is 12.1 Å². The van der Waals surface area contributed by atoms with Crippen LogP contribution in [-0.2, 0) is 0 Å². The molecule has 1 fully saturated rings. The molecule has 2 amide bonds. The summed E-state index contributed by atoms with van der Waals surface area (Å²) in [6, 6.07) is 10.9. The molecule has 0 aromatic heterocycles. The van der Waals surface area contributed by atoms with Gasteiger partial charge in [0.05, 0.1) is 19.8 Å². The number of carbonyl (C=O) groups excluding carboxylic acids is 2. The van der Waals surface area contributed by atoms with Crippen LogP contribution in [-0.4, -0.2) is 50.1 Å². The second-order valence-corrected chi connectivity index (χ2v) is 6.59. The Balaban J connectivity index is 1.58. The lowest BCUT2D eigenvalue weighted by molar-refractivity contribution is 0.0697. The summed E-state index contributed by atoms with van der Waals surface area (Å²) in [5.74, 6) is -0.00216. The van der Waals surface area contributed by atoms with Crippen molar-refractivity contribution in [2.24, 2.45) is 0 Å². The van der Waals surface area contributed by atoms with E-state index >= 15 is 0 Å². The van der Waals surface area contributed by atoms with Crippen LogP contribution in [0.4, 0.5) is 4.39 Å². The van der Waals surface area contributed by atoms with Crippen molar-refractivity contribution < 1.29 is 23.5 Å². The molecular weight excluding hydrogens is 363 g/mol. The Labute approximate surface area is 163 Å². The van der Waals surface area contributed by atoms with E-state index in [1.54, 1.807) is 42.3 Å². The zero-order valence-electron chi connectivity index (χ0n) is 15.9. The van der Waals surface area contributed by atoms with E-state index < -0.39 is 11.7 Å². The molecule has 0 saturated carbocycles. The van der Waals surface area contributed by atoms with Crippen LogP contribution in [0.2, 0.25) is 0 Å². The van der Waals surface area contributed by atoms with Crippen molar-refractivity contribution in [3.8, 4) is 11.5 Å². The first-order valence-corrected chi connectivity index (χ1v) is 9.10. The summed E-state index contributed by atoms with van der Waals surface area (Å²) in [6.07, 6.45) is 1.22. The van der Waals surface area contributed by atoms with Crippen LogP contribution in [0, 0.1) is 5.82 Å². The van der Waals surface area contributed by atoms with Crippen molar-refractivity contribution in [1.82, 2.24) is 10.2 Å².